The number of benzene rings is 1. The average Bonchev–Trinajstić information content (AvgIpc) is 2.86. The third-order valence-electron chi connectivity index (χ3n) is 3.80. The van der Waals surface area contributed by atoms with Crippen LogP contribution in [0.3, 0.4) is 0 Å². The predicted octanol–water partition coefficient (Wildman–Crippen LogP) is 4.20. The molecule has 18 heavy (non-hydrogen) atoms. The van der Waals surface area contributed by atoms with Crippen LogP contribution in [0.5, 0.6) is 0 Å². The summed E-state index contributed by atoms with van der Waals surface area (Å²) in [5.41, 5.74) is 0.234. The highest BCUT2D eigenvalue weighted by Crippen LogP contribution is 2.37. The molecule has 1 aromatic carbocycles. The number of nitrogens with one attached hydrogen (secondary N) is 1. The zero-order valence-electron chi connectivity index (χ0n) is 10.9. The second kappa shape index (κ2) is 6.28. The van der Waals surface area contributed by atoms with Gasteiger partial charge in [-0.2, -0.15) is 0 Å². The molecule has 1 aliphatic carbocycles. The van der Waals surface area contributed by atoms with Crippen molar-refractivity contribution in [2.24, 2.45) is 5.92 Å². The van der Waals surface area contributed by atoms with Gasteiger partial charge < -0.3 is 5.32 Å². The monoisotopic (exact) mass is 253 g/mol. The van der Waals surface area contributed by atoms with Crippen LogP contribution in [-0.2, 0) is 0 Å². The van der Waals surface area contributed by atoms with E-state index in [0.717, 1.165) is 25.8 Å². The molecule has 1 nitrogen and oxygen atoms in total. The van der Waals surface area contributed by atoms with E-state index in [1.54, 1.807) is 0 Å². The molecule has 0 aliphatic heterocycles. The van der Waals surface area contributed by atoms with Gasteiger partial charge in [0.1, 0.15) is 11.6 Å². The van der Waals surface area contributed by atoms with Crippen molar-refractivity contribution in [1.82, 2.24) is 5.32 Å². The first-order valence-corrected chi connectivity index (χ1v) is 6.91. The number of halogens is 2. The van der Waals surface area contributed by atoms with Crippen molar-refractivity contribution in [3.05, 3.63) is 35.4 Å². The Hall–Kier alpha value is -0.960. The van der Waals surface area contributed by atoms with Crippen LogP contribution in [0.15, 0.2) is 18.2 Å². The third kappa shape index (κ3) is 2.89. The Balaban J connectivity index is 2.26. The highest BCUT2D eigenvalue weighted by atomic mass is 19.1. The Labute approximate surface area is 108 Å². The molecule has 0 saturated heterocycles. The van der Waals surface area contributed by atoms with Crippen molar-refractivity contribution in [1.29, 1.82) is 0 Å². The van der Waals surface area contributed by atoms with Gasteiger partial charge in [0.25, 0.3) is 0 Å². The number of hydrogen-bond donors (Lipinski definition) is 1. The lowest BCUT2D eigenvalue weighted by Crippen LogP contribution is -2.29. The highest BCUT2D eigenvalue weighted by molar-refractivity contribution is 5.24. The first-order valence-electron chi connectivity index (χ1n) is 6.91. The van der Waals surface area contributed by atoms with E-state index in [9.17, 15) is 8.78 Å². The quantitative estimate of drug-likeness (QED) is 0.829. The molecule has 1 aromatic rings. The number of hydrogen-bond acceptors (Lipinski definition) is 1. The molecule has 1 saturated carbocycles. The molecule has 100 valence electrons. The summed E-state index contributed by atoms with van der Waals surface area (Å²) in [6, 6.07) is 3.97. The molecular formula is C15H21F2N. The van der Waals surface area contributed by atoms with E-state index in [1.165, 1.54) is 31.0 Å². The van der Waals surface area contributed by atoms with Crippen molar-refractivity contribution >= 4 is 0 Å². The molecular weight excluding hydrogens is 232 g/mol. The Morgan fingerprint density at radius 3 is 2.39 bits per heavy atom. The molecule has 0 amide bonds. The molecule has 1 atom stereocenters. The maximum atomic E-state index is 13.9. The average molecular weight is 253 g/mol. The van der Waals surface area contributed by atoms with E-state index >= 15 is 0 Å². The van der Waals surface area contributed by atoms with E-state index in [2.05, 4.69) is 12.2 Å². The van der Waals surface area contributed by atoms with Crippen LogP contribution in [0.1, 0.15) is 50.6 Å². The van der Waals surface area contributed by atoms with Crippen molar-refractivity contribution in [2.45, 2.75) is 45.1 Å². The van der Waals surface area contributed by atoms with E-state index < -0.39 is 11.6 Å². The molecule has 0 bridgehead atoms. The first-order chi connectivity index (χ1) is 8.74. The van der Waals surface area contributed by atoms with Gasteiger partial charge in [-0.1, -0.05) is 25.8 Å². The van der Waals surface area contributed by atoms with E-state index in [1.807, 2.05) is 0 Å². The predicted molar refractivity (Wildman–Crippen MR) is 69.4 cm³/mol. The largest absolute Gasteiger partial charge is 0.310 e. The van der Waals surface area contributed by atoms with E-state index in [4.69, 9.17) is 0 Å². The fourth-order valence-corrected chi connectivity index (χ4v) is 2.90. The molecule has 0 aromatic heterocycles. The van der Waals surface area contributed by atoms with Gasteiger partial charge in [-0.15, -0.1) is 0 Å². The Morgan fingerprint density at radius 2 is 1.83 bits per heavy atom. The fraction of sp³-hybridized carbons (Fsp3) is 0.600. The van der Waals surface area contributed by atoms with Gasteiger partial charge in [-0.3, -0.25) is 0 Å². The van der Waals surface area contributed by atoms with Crippen LogP contribution in [0.25, 0.3) is 0 Å². The second-order valence-corrected chi connectivity index (χ2v) is 5.11. The highest BCUT2D eigenvalue weighted by Gasteiger charge is 2.29. The van der Waals surface area contributed by atoms with Gasteiger partial charge in [-0.25, -0.2) is 8.78 Å². The molecule has 1 unspecified atom stereocenters. The molecule has 1 N–H and O–H groups in total. The summed E-state index contributed by atoms with van der Waals surface area (Å²) in [4.78, 5) is 0. The molecule has 3 heteroatoms. The Morgan fingerprint density at radius 1 is 1.22 bits per heavy atom. The number of rotatable bonds is 5. The van der Waals surface area contributed by atoms with Crippen LogP contribution in [0.2, 0.25) is 0 Å². The molecule has 1 fully saturated rings. The minimum atomic E-state index is -0.421. The molecule has 0 spiro atoms. The molecule has 0 heterocycles. The second-order valence-electron chi connectivity index (χ2n) is 5.11. The lowest BCUT2D eigenvalue weighted by Gasteiger charge is -2.26. The minimum Gasteiger partial charge on any atom is -0.310 e. The van der Waals surface area contributed by atoms with Gasteiger partial charge in [0.2, 0.25) is 0 Å². The standard InChI is InChI=1S/C15H21F2N/c1-2-10-18-15(11-6-3-4-7-11)14-12(16)8-5-9-13(14)17/h5,8-9,11,15,18H,2-4,6-7,10H2,1H3. The normalized spacial score (nSPS) is 18.2. The minimum absolute atomic E-state index is 0.173. The maximum absolute atomic E-state index is 13.9. The molecule has 0 radical (unpaired) electrons. The summed E-state index contributed by atoms with van der Waals surface area (Å²) < 4.78 is 27.8. The summed E-state index contributed by atoms with van der Waals surface area (Å²) in [5.74, 6) is -0.478. The molecule has 1 aliphatic rings. The van der Waals surface area contributed by atoms with Gasteiger partial charge in [0.05, 0.1) is 0 Å². The summed E-state index contributed by atoms with van der Waals surface area (Å²) in [7, 11) is 0. The van der Waals surface area contributed by atoms with Crippen LogP contribution in [0.4, 0.5) is 8.78 Å². The molecule has 2 rings (SSSR count). The van der Waals surface area contributed by atoms with Crippen molar-refractivity contribution in [3.8, 4) is 0 Å². The van der Waals surface area contributed by atoms with Gasteiger partial charge in [0.15, 0.2) is 0 Å². The summed E-state index contributed by atoms with van der Waals surface area (Å²) in [6.45, 7) is 2.87. The third-order valence-corrected chi connectivity index (χ3v) is 3.80. The first kappa shape index (κ1) is 13.5. The lowest BCUT2D eigenvalue weighted by molar-refractivity contribution is 0.345. The van der Waals surface area contributed by atoms with E-state index in [-0.39, 0.29) is 11.6 Å². The van der Waals surface area contributed by atoms with Crippen molar-refractivity contribution in [3.63, 3.8) is 0 Å². The zero-order valence-corrected chi connectivity index (χ0v) is 10.9. The van der Waals surface area contributed by atoms with E-state index in [0.29, 0.717) is 5.92 Å². The van der Waals surface area contributed by atoms with Crippen LogP contribution < -0.4 is 5.32 Å². The van der Waals surface area contributed by atoms with Crippen molar-refractivity contribution < 1.29 is 8.78 Å². The van der Waals surface area contributed by atoms with Crippen molar-refractivity contribution in [2.75, 3.05) is 6.54 Å². The smallest absolute Gasteiger partial charge is 0.130 e. The summed E-state index contributed by atoms with van der Waals surface area (Å²) in [6.07, 6.45) is 5.44. The summed E-state index contributed by atoms with van der Waals surface area (Å²) >= 11 is 0. The van der Waals surface area contributed by atoms with Crippen LogP contribution in [0, 0.1) is 17.6 Å². The van der Waals surface area contributed by atoms with Gasteiger partial charge >= 0.3 is 0 Å². The Kier molecular flexibility index (Phi) is 4.70. The maximum Gasteiger partial charge on any atom is 0.130 e. The fourth-order valence-electron chi connectivity index (χ4n) is 2.90. The van der Waals surface area contributed by atoms with Crippen LogP contribution >= 0.6 is 0 Å². The van der Waals surface area contributed by atoms with Gasteiger partial charge in [-0.05, 0) is 43.9 Å². The lowest BCUT2D eigenvalue weighted by atomic mass is 9.90. The summed E-state index contributed by atoms with van der Waals surface area (Å²) in [5, 5.41) is 3.33. The van der Waals surface area contributed by atoms with Crippen LogP contribution in [-0.4, -0.2) is 6.54 Å². The topological polar surface area (TPSA) is 12.0 Å². The zero-order chi connectivity index (χ0) is 13.0. The van der Waals surface area contributed by atoms with Gasteiger partial charge in [0, 0.05) is 11.6 Å². The Bertz CT molecular complexity index is 366. The SMILES string of the molecule is CCCNC(c1c(F)cccc1F)C1CCCC1.